The molecule has 3 N–H and O–H groups in total. The van der Waals surface area contributed by atoms with Crippen LogP contribution in [0.2, 0.25) is 0 Å². The Balaban J connectivity index is 1.87. The Morgan fingerprint density at radius 3 is 2.18 bits per heavy atom. The third kappa shape index (κ3) is 12.8. The fraction of sp³-hybridized carbons (Fsp3) is 0.630. The SMILES string of the molecule is CN(CC(=O)OCc1ccccc1)NC(=O)C[C@@H](NC(=O)OC(C)(C)C)[C@H]1C[C@H]1CNC(=O)OC(C)(C)C. The zero-order valence-electron chi connectivity index (χ0n) is 23.5. The van der Waals surface area contributed by atoms with Crippen molar-refractivity contribution in [3.8, 4) is 0 Å². The van der Waals surface area contributed by atoms with E-state index in [0.717, 1.165) is 5.56 Å². The topological polar surface area (TPSA) is 135 Å². The van der Waals surface area contributed by atoms with Gasteiger partial charge in [0.15, 0.2) is 0 Å². The van der Waals surface area contributed by atoms with Crippen LogP contribution in [0, 0.1) is 11.8 Å². The van der Waals surface area contributed by atoms with Crippen LogP contribution in [0.25, 0.3) is 0 Å². The van der Waals surface area contributed by atoms with Crippen LogP contribution in [0.4, 0.5) is 9.59 Å². The number of hydrogen-bond acceptors (Lipinski definition) is 8. The van der Waals surface area contributed by atoms with Gasteiger partial charge < -0.3 is 24.8 Å². The summed E-state index contributed by atoms with van der Waals surface area (Å²) in [5, 5.41) is 6.88. The Hall–Kier alpha value is -3.34. The summed E-state index contributed by atoms with van der Waals surface area (Å²) in [5.74, 6) is -0.837. The van der Waals surface area contributed by atoms with Crippen LogP contribution < -0.4 is 16.1 Å². The summed E-state index contributed by atoms with van der Waals surface area (Å²) in [7, 11) is 1.56. The number of likely N-dealkylation sites (N-methyl/N-ethyl adjacent to an activating group) is 1. The number of rotatable bonds is 11. The molecule has 1 aliphatic carbocycles. The predicted molar refractivity (Wildman–Crippen MR) is 141 cm³/mol. The maximum atomic E-state index is 12.8. The van der Waals surface area contributed by atoms with Crippen molar-refractivity contribution < 1.29 is 33.4 Å². The molecule has 11 heteroatoms. The van der Waals surface area contributed by atoms with E-state index in [9.17, 15) is 19.2 Å². The second kappa shape index (κ2) is 13.5. The van der Waals surface area contributed by atoms with Crippen LogP contribution in [-0.2, 0) is 30.4 Å². The summed E-state index contributed by atoms with van der Waals surface area (Å²) >= 11 is 0. The van der Waals surface area contributed by atoms with E-state index in [-0.39, 0.29) is 37.3 Å². The lowest BCUT2D eigenvalue weighted by Crippen LogP contribution is -2.47. The number of amides is 3. The van der Waals surface area contributed by atoms with Crippen molar-refractivity contribution in [2.75, 3.05) is 20.1 Å². The number of benzene rings is 1. The lowest BCUT2D eigenvalue weighted by molar-refractivity contribution is -0.147. The Morgan fingerprint density at radius 2 is 1.58 bits per heavy atom. The average Bonchev–Trinajstić information content (AvgIpc) is 3.53. The number of ether oxygens (including phenoxy) is 3. The van der Waals surface area contributed by atoms with Gasteiger partial charge >= 0.3 is 18.2 Å². The molecule has 212 valence electrons. The first-order chi connectivity index (χ1) is 17.6. The molecule has 11 nitrogen and oxygen atoms in total. The molecule has 1 aromatic carbocycles. The maximum absolute atomic E-state index is 12.8. The molecule has 2 rings (SSSR count). The van der Waals surface area contributed by atoms with Crippen molar-refractivity contribution in [3.05, 3.63) is 35.9 Å². The summed E-state index contributed by atoms with van der Waals surface area (Å²) in [6.45, 7) is 11.0. The zero-order valence-corrected chi connectivity index (χ0v) is 23.5. The van der Waals surface area contributed by atoms with Gasteiger partial charge in [-0.3, -0.25) is 15.0 Å². The second-order valence-corrected chi connectivity index (χ2v) is 11.5. The Bertz CT molecular complexity index is 956. The molecule has 1 aromatic rings. The number of alkyl carbamates (subject to hydrolysis) is 2. The van der Waals surface area contributed by atoms with Crippen molar-refractivity contribution in [1.82, 2.24) is 21.1 Å². The van der Waals surface area contributed by atoms with E-state index in [4.69, 9.17) is 14.2 Å². The molecule has 38 heavy (non-hydrogen) atoms. The number of carbonyl (C=O) groups is 4. The number of esters is 1. The highest BCUT2D eigenvalue weighted by atomic mass is 16.6. The van der Waals surface area contributed by atoms with Crippen molar-refractivity contribution in [2.45, 2.75) is 78.2 Å². The standard InChI is InChI=1S/C27H42N4O7/c1-26(2,3)37-24(34)28-15-19-13-20(19)21(29-25(35)38-27(4,5)6)14-22(32)30-31(7)16-23(33)36-17-18-11-9-8-10-12-18/h8-12,19-21H,13-17H2,1-7H3,(H,28,34)(H,29,35)(H,30,32)/t19-,20-,21+/m0/s1. The quantitative estimate of drug-likeness (QED) is 0.224. The van der Waals surface area contributed by atoms with E-state index in [1.807, 2.05) is 30.3 Å². The normalized spacial score (nSPS) is 17.7. The molecule has 1 aliphatic rings. The van der Waals surface area contributed by atoms with Gasteiger partial charge in [-0.05, 0) is 65.4 Å². The first-order valence-electron chi connectivity index (χ1n) is 12.8. The number of hydrazine groups is 1. The lowest BCUT2D eigenvalue weighted by atomic mass is 10.1. The molecule has 3 amide bonds. The van der Waals surface area contributed by atoms with Gasteiger partial charge in [0, 0.05) is 26.1 Å². The van der Waals surface area contributed by atoms with Crippen LogP contribution in [0.1, 0.15) is 59.9 Å². The third-order valence-electron chi connectivity index (χ3n) is 5.43. The van der Waals surface area contributed by atoms with Gasteiger partial charge in [0.25, 0.3) is 0 Å². The molecule has 0 bridgehead atoms. The molecule has 1 fully saturated rings. The van der Waals surface area contributed by atoms with E-state index >= 15 is 0 Å². The summed E-state index contributed by atoms with van der Waals surface area (Å²) in [6.07, 6.45) is -0.459. The number of hydrogen-bond donors (Lipinski definition) is 3. The molecular weight excluding hydrogens is 492 g/mol. The van der Waals surface area contributed by atoms with E-state index in [2.05, 4.69) is 16.1 Å². The zero-order chi connectivity index (χ0) is 28.5. The molecule has 0 radical (unpaired) electrons. The minimum Gasteiger partial charge on any atom is -0.460 e. The predicted octanol–water partition coefficient (Wildman–Crippen LogP) is 3.14. The minimum absolute atomic E-state index is 0.0315. The van der Waals surface area contributed by atoms with Crippen molar-refractivity contribution in [2.24, 2.45) is 11.8 Å². The molecule has 3 atom stereocenters. The van der Waals surface area contributed by atoms with Crippen LogP contribution >= 0.6 is 0 Å². The van der Waals surface area contributed by atoms with Gasteiger partial charge in [0.05, 0.1) is 0 Å². The summed E-state index contributed by atoms with van der Waals surface area (Å²) < 4.78 is 15.9. The summed E-state index contributed by atoms with van der Waals surface area (Å²) in [6, 6.07) is 8.77. The first-order valence-corrected chi connectivity index (χ1v) is 12.8. The molecule has 0 saturated heterocycles. The molecule has 0 spiro atoms. The van der Waals surface area contributed by atoms with E-state index in [1.165, 1.54) is 5.01 Å². The average molecular weight is 535 g/mol. The van der Waals surface area contributed by atoms with Gasteiger partial charge in [-0.2, -0.15) is 0 Å². The molecule has 0 aromatic heterocycles. The van der Waals surface area contributed by atoms with E-state index < -0.39 is 35.4 Å². The van der Waals surface area contributed by atoms with E-state index in [0.29, 0.717) is 13.0 Å². The molecule has 0 heterocycles. The number of carbonyl (C=O) groups excluding carboxylic acids is 4. The third-order valence-corrected chi connectivity index (χ3v) is 5.43. The maximum Gasteiger partial charge on any atom is 0.407 e. The fourth-order valence-electron chi connectivity index (χ4n) is 3.77. The van der Waals surface area contributed by atoms with Crippen LogP contribution in [0.3, 0.4) is 0 Å². The fourth-order valence-corrected chi connectivity index (χ4v) is 3.77. The lowest BCUT2D eigenvalue weighted by Gasteiger charge is -2.25. The first kappa shape index (κ1) is 30.9. The summed E-state index contributed by atoms with van der Waals surface area (Å²) in [4.78, 5) is 49.3. The van der Waals surface area contributed by atoms with Gasteiger partial charge in [-0.1, -0.05) is 30.3 Å². The van der Waals surface area contributed by atoms with Crippen LogP contribution in [-0.4, -0.2) is 66.5 Å². The largest absolute Gasteiger partial charge is 0.460 e. The number of nitrogens with one attached hydrogen (secondary N) is 3. The Morgan fingerprint density at radius 1 is 0.974 bits per heavy atom. The van der Waals surface area contributed by atoms with Crippen LogP contribution in [0.15, 0.2) is 30.3 Å². The van der Waals surface area contributed by atoms with Crippen LogP contribution in [0.5, 0.6) is 0 Å². The Labute approximate surface area is 224 Å². The van der Waals surface area contributed by atoms with Gasteiger partial charge in [-0.25, -0.2) is 14.6 Å². The Kier molecular flexibility index (Phi) is 10.9. The van der Waals surface area contributed by atoms with Crippen molar-refractivity contribution >= 4 is 24.1 Å². The molecule has 0 aliphatic heterocycles. The van der Waals surface area contributed by atoms with E-state index in [1.54, 1.807) is 48.6 Å². The smallest absolute Gasteiger partial charge is 0.407 e. The van der Waals surface area contributed by atoms with Crippen molar-refractivity contribution in [1.29, 1.82) is 0 Å². The minimum atomic E-state index is -0.696. The molecular formula is C27H42N4O7. The molecule has 0 unspecified atom stereocenters. The highest BCUT2D eigenvalue weighted by Crippen LogP contribution is 2.42. The molecule has 1 saturated carbocycles. The van der Waals surface area contributed by atoms with Gasteiger partial charge in [0.2, 0.25) is 5.91 Å². The van der Waals surface area contributed by atoms with Gasteiger partial charge in [0.1, 0.15) is 24.4 Å². The monoisotopic (exact) mass is 534 g/mol. The second-order valence-electron chi connectivity index (χ2n) is 11.5. The highest BCUT2D eigenvalue weighted by Gasteiger charge is 2.45. The van der Waals surface area contributed by atoms with Crippen molar-refractivity contribution in [3.63, 3.8) is 0 Å². The number of nitrogens with zero attached hydrogens (tertiary/aromatic N) is 1. The highest BCUT2D eigenvalue weighted by molar-refractivity contribution is 5.78. The summed E-state index contributed by atoms with van der Waals surface area (Å²) in [5.41, 5.74) is 2.21. The van der Waals surface area contributed by atoms with Gasteiger partial charge in [-0.15, -0.1) is 0 Å².